The Kier molecular flexibility index (Phi) is 4.47. The number of ketones is 1. The van der Waals surface area contributed by atoms with E-state index in [9.17, 15) is 4.79 Å². The van der Waals surface area contributed by atoms with Crippen molar-refractivity contribution in [2.75, 3.05) is 13.1 Å². The fourth-order valence-corrected chi connectivity index (χ4v) is 3.78. The van der Waals surface area contributed by atoms with Gasteiger partial charge in [0.15, 0.2) is 0 Å². The number of carbonyl (C=O) groups is 1. The molecule has 2 nitrogen and oxygen atoms in total. The molecule has 0 aromatic rings. The first kappa shape index (κ1) is 14.0. The summed E-state index contributed by atoms with van der Waals surface area (Å²) in [6, 6.07) is 0.750. The maximum Gasteiger partial charge on any atom is 0.142 e. The smallest absolute Gasteiger partial charge is 0.142 e. The molecule has 2 aliphatic carbocycles. The lowest BCUT2D eigenvalue weighted by molar-refractivity contribution is -0.128. The third kappa shape index (κ3) is 2.96. The van der Waals surface area contributed by atoms with Gasteiger partial charge in [0.25, 0.3) is 0 Å². The van der Waals surface area contributed by atoms with Crippen LogP contribution in [0.1, 0.15) is 65.7 Å². The van der Waals surface area contributed by atoms with E-state index < -0.39 is 0 Å². The van der Waals surface area contributed by atoms with E-state index in [0.717, 1.165) is 32.0 Å². The van der Waals surface area contributed by atoms with Crippen LogP contribution in [0.3, 0.4) is 0 Å². The van der Waals surface area contributed by atoms with Gasteiger partial charge in [0.1, 0.15) is 5.78 Å². The molecule has 0 amide bonds. The Morgan fingerprint density at radius 1 is 1.17 bits per heavy atom. The number of hydrogen-bond acceptors (Lipinski definition) is 2. The van der Waals surface area contributed by atoms with Crippen molar-refractivity contribution >= 4 is 5.78 Å². The summed E-state index contributed by atoms with van der Waals surface area (Å²) in [4.78, 5) is 14.9. The summed E-state index contributed by atoms with van der Waals surface area (Å²) in [5, 5.41) is 0. The average Bonchev–Trinajstić information content (AvgIpc) is 2.63. The van der Waals surface area contributed by atoms with E-state index in [1.54, 1.807) is 0 Å². The largest absolute Gasteiger partial charge is 0.300 e. The van der Waals surface area contributed by atoms with Crippen LogP contribution >= 0.6 is 0 Å². The molecule has 0 N–H and O–H groups in total. The van der Waals surface area contributed by atoms with E-state index in [4.69, 9.17) is 0 Å². The van der Waals surface area contributed by atoms with Crippen LogP contribution in [-0.2, 0) is 4.79 Å². The lowest BCUT2D eigenvalue weighted by Gasteiger charge is -2.35. The van der Waals surface area contributed by atoms with Crippen LogP contribution in [0.15, 0.2) is 0 Å². The molecule has 2 rings (SSSR count). The molecule has 0 aromatic heterocycles. The highest BCUT2D eigenvalue weighted by molar-refractivity contribution is 5.88. The maximum atomic E-state index is 12.3. The van der Waals surface area contributed by atoms with Crippen LogP contribution in [0, 0.1) is 11.3 Å². The zero-order valence-electron chi connectivity index (χ0n) is 12.4. The van der Waals surface area contributed by atoms with Gasteiger partial charge in [0, 0.05) is 23.9 Å². The van der Waals surface area contributed by atoms with Crippen molar-refractivity contribution in [1.29, 1.82) is 0 Å². The Labute approximate surface area is 112 Å². The van der Waals surface area contributed by atoms with Crippen molar-refractivity contribution in [2.45, 2.75) is 71.8 Å². The molecule has 0 aromatic carbocycles. The van der Waals surface area contributed by atoms with Crippen LogP contribution in [-0.4, -0.2) is 29.8 Å². The molecule has 0 saturated heterocycles. The van der Waals surface area contributed by atoms with Gasteiger partial charge in [0.05, 0.1) is 0 Å². The predicted octanol–water partition coefficient (Wildman–Crippen LogP) is 3.65. The van der Waals surface area contributed by atoms with Gasteiger partial charge in [-0.15, -0.1) is 0 Å². The van der Waals surface area contributed by atoms with Gasteiger partial charge in [0.2, 0.25) is 0 Å². The molecule has 0 heterocycles. The average molecular weight is 251 g/mol. The standard InChI is InChI=1S/C16H29NO/c1-4-17(14-8-6-5-7-9-14)12-13-10-11-16(2,3)15(13)18/h13-14H,4-12H2,1-3H3. The van der Waals surface area contributed by atoms with Gasteiger partial charge in [-0.2, -0.15) is 0 Å². The Morgan fingerprint density at radius 3 is 2.33 bits per heavy atom. The molecular formula is C16H29NO. The number of nitrogens with zero attached hydrogens (tertiary/aromatic N) is 1. The van der Waals surface area contributed by atoms with Crippen LogP contribution in [0.25, 0.3) is 0 Å². The lowest BCUT2D eigenvalue weighted by Crippen LogP contribution is -2.41. The van der Waals surface area contributed by atoms with E-state index in [1.807, 2.05) is 0 Å². The molecule has 1 atom stereocenters. The molecule has 0 spiro atoms. The van der Waals surface area contributed by atoms with Crippen LogP contribution < -0.4 is 0 Å². The highest BCUT2D eigenvalue weighted by Gasteiger charge is 2.41. The third-order valence-corrected chi connectivity index (χ3v) is 5.11. The number of Topliss-reactive ketones (excluding diaryl/α,β-unsaturated/α-hetero) is 1. The third-order valence-electron chi connectivity index (χ3n) is 5.11. The zero-order valence-corrected chi connectivity index (χ0v) is 12.4. The van der Waals surface area contributed by atoms with Crippen LogP contribution in [0.5, 0.6) is 0 Å². The van der Waals surface area contributed by atoms with E-state index in [0.29, 0.717) is 11.7 Å². The monoisotopic (exact) mass is 251 g/mol. The van der Waals surface area contributed by atoms with Crippen molar-refractivity contribution in [3.63, 3.8) is 0 Å². The highest BCUT2D eigenvalue weighted by atomic mass is 16.1. The molecule has 18 heavy (non-hydrogen) atoms. The SMILES string of the molecule is CCN(CC1CCC(C)(C)C1=O)C1CCCCC1. The van der Waals surface area contributed by atoms with Gasteiger partial charge in [-0.1, -0.05) is 40.0 Å². The van der Waals surface area contributed by atoms with Crippen molar-refractivity contribution in [3.05, 3.63) is 0 Å². The normalized spacial score (nSPS) is 29.1. The van der Waals surface area contributed by atoms with Crippen LogP contribution in [0.4, 0.5) is 0 Å². The number of hydrogen-bond donors (Lipinski definition) is 0. The minimum Gasteiger partial charge on any atom is -0.300 e. The predicted molar refractivity (Wildman–Crippen MR) is 75.6 cm³/mol. The summed E-state index contributed by atoms with van der Waals surface area (Å²) < 4.78 is 0. The molecule has 0 bridgehead atoms. The van der Waals surface area contributed by atoms with Gasteiger partial charge in [-0.3, -0.25) is 9.69 Å². The minimum atomic E-state index is -0.0589. The first-order valence-corrected chi connectivity index (χ1v) is 7.83. The first-order valence-electron chi connectivity index (χ1n) is 7.83. The molecule has 0 aliphatic heterocycles. The Morgan fingerprint density at radius 2 is 1.83 bits per heavy atom. The first-order chi connectivity index (χ1) is 8.54. The molecule has 2 heteroatoms. The second-order valence-electron chi connectivity index (χ2n) is 6.86. The van der Waals surface area contributed by atoms with E-state index >= 15 is 0 Å². The second-order valence-corrected chi connectivity index (χ2v) is 6.86. The fraction of sp³-hybridized carbons (Fsp3) is 0.938. The number of rotatable bonds is 4. The van der Waals surface area contributed by atoms with Gasteiger partial charge < -0.3 is 0 Å². The molecule has 2 aliphatic rings. The van der Waals surface area contributed by atoms with Crippen molar-refractivity contribution in [3.8, 4) is 0 Å². The summed E-state index contributed by atoms with van der Waals surface area (Å²) in [6.45, 7) is 8.61. The molecule has 104 valence electrons. The van der Waals surface area contributed by atoms with Crippen molar-refractivity contribution in [2.24, 2.45) is 11.3 Å². The summed E-state index contributed by atoms with van der Waals surface area (Å²) in [6.07, 6.45) is 9.05. The Balaban J connectivity index is 1.92. The minimum absolute atomic E-state index is 0.0589. The zero-order chi connectivity index (χ0) is 13.2. The van der Waals surface area contributed by atoms with E-state index in [1.165, 1.54) is 32.1 Å². The summed E-state index contributed by atoms with van der Waals surface area (Å²) in [7, 11) is 0. The Hall–Kier alpha value is -0.370. The van der Waals surface area contributed by atoms with Crippen molar-refractivity contribution in [1.82, 2.24) is 4.90 Å². The molecule has 1 unspecified atom stereocenters. The van der Waals surface area contributed by atoms with Gasteiger partial charge >= 0.3 is 0 Å². The lowest BCUT2D eigenvalue weighted by atomic mass is 9.88. The molecule has 0 radical (unpaired) electrons. The van der Waals surface area contributed by atoms with Gasteiger partial charge in [-0.05, 0) is 32.2 Å². The van der Waals surface area contributed by atoms with Gasteiger partial charge in [-0.25, -0.2) is 0 Å². The summed E-state index contributed by atoms with van der Waals surface area (Å²) in [5.74, 6) is 0.818. The summed E-state index contributed by atoms with van der Waals surface area (Å²) in [5.41, 5.74) is -0.0589. The summed E-state index contributed by atoms with van der Waals surface area (Å²) >= 11 is 0. The van der Waals surface area contributed by atoms with E-state index in [2.05, 4.69) is 25.7 Å². The van der Waals surface area contributed by atoms with Crippen molar-refractivity contribution < 1.29 is 4.79 Å². The molecule has 2 saturated carbocycles. The fourth-order valence-electron chi connectivity index (χ4n) is 3.78. The second kappa shape index (κ2) is 5.73. The molecular weight excluding hydrogens is 222 g/mol. The number of carbonyl (C=O) groups excluding carboxylic acids is 1. The topological polar surface area (TPSA) is 20.3 Å². The molecule has 2 fully saturated rings. The Bertz CT molecular complexity index is 291. The van der Waals surface area contributed by atoms with E-state index in [-0.39, 0.29) is 5.41 Å². The highest BCUT2D eigenvalue weighted by Crippen LogP contribution is 2.38. The quantitative estimate of drug-likeness (QED) is 0.760. The maximum absolute atomic E-state index is 12.3. The van der Waals surface area contributed by atoms with Crippen LogP contribution in [0.2, 0.25) is 0 Å².